The third-order valence-corrected chi connectivity index (χ3v) is 2.72. The minimum Gasteiger partial charge on any atom is -0.396 e. The van der Waals surface area contributed by atoms with E-state index in [1.807, 2.05) is 0 Å². The normalized spacial score (nSPS) is 14.8. The first kappa shape index (κ1) is 13.1. The minimum atomic E-state index is -0.366. The first-order valence-electron chi connectivity index (χ1n) is 5.65. The van der Waals surface area contributed by atoms with Crippen molar-refractivity contribution in [3.8, 4) is 0 Å². The molecule has 90 valence electrons. The number of hydrogen-bond acceptors (Lipinski definition) is 2. The van der Waals surface area contributed by atoms with E-state index in [0.717, 1.165) is 0 Å². The fourth-order valence-corrected chi connectivity index (χ4v) is 1.71. The highest BCUT2D eigenvalue weighted by atomic mass is 19.1. The largest absolute Gasteiger partial charge is 0.396 e. The highest BCUT2D eigenvalue weighted by Crippen LogP contribution is 2.17. The molecule has 0 saturated heterocycles. The Labute approximate surface area is 95.7 Å². The molecule has 2 unspecified atom stereocenters. The van der Waals surface area contributed by atoms with Crippen LogP contribution in [0.1, 0.15) is 25.3 Å². The molecule has 16 heavy (non-hydrogen) atoms. The van der Waals surface area contributed by atoms with Crippen LogP contribution >= 0.6 is 0 Å². The second-order valence-electron chi connectivity index (χ2n) is 4.27. The molecule has 0 bridgehead atoms. The van der Waals surface area contributed by atoms with Crippen molar-refractivity contribution in [2.75, 3.05) is 6.61 Å². The van der Waals surface area contributed by atoms with E-state index >= 15 is 0 Å². The molecule has 1 aromatic rings. The van der Waals surface area contributed by atoms with Gasteiger partial charge in [-0.15, -0.1) is 0 Å². The molecule has 0 saturated carbocycles. The number of benzene rings is 1. The van der Waals surface area contributed by atoms with Crippen molar-refractivity contribution in [1.29, 1.82) is 0 Å². The fourth-order valence-electron chi connectivity index (χ4n) is 1.71. The topological polar surface area (TPSA) is 40.5 Å². The zero-order chi connectivity index (χ0) is 12.0. The van der Waals surface area contributed by atoms with Gasteiger partial charge in [-0.1, -0.05) is 18.2 Å². The van der Waals surface area contributed by atoms with Crippen molar-refractivity contribution in [1.82, 2.24) is 0 Å². The first-order valence-corrected chi connectivity index (χ1v) is 5.65. The Balaban J connectivity index is 2.53. The lowest BCUT2D eigenvalue weighted by Gasteiger charge is -2.15. The van der Waals surface area contributed by atoms with Gasteiger partial charge in [0.1, 0.15) is 5.82 Å². The van der Waals surface area contributed by atoms with Crippen molar-refractivity contribution in [2.45, 2.75) is 32.3 Å². The quantitative estimate of drug-likeness (QED) is 0.780. The van der Waals surface area contributed by atoms with E-state index in [9.17, 15) is 9.50 Å². The fraction of sp³-hybridized carbons (Fsp3) is 0.538. The molecule has 0 aromatic heterocycles. The standard InChI is InChI=1S/C13H19FO2/c1-10(16)6-7-11(9-15)8-12-4-2-3-5-13(12)14/h2-5,10-11,15-16H,6-9H2,1H3. The molecule has 3 heteroatoms. The van der Waals surface area contributed by atoms with Crippen molar-refractivity contribution >= 4 is 0 Å². The van der Waals surface area contributed by atoms with E-state index in [2.05, 4.69) is 0 Å². The summed E-state index contributed by atoms with van der Waals surface area (Å²) in [6.07, 6.45) is 1.51. The smallest absolute Gasteiger partial charge is 0.126 e. The molecule has 0 fully saturated rings. The summed E-state index contributed by atoms with van der Waals surface area (Å²) in [4.78, 5) is 0. The third-order valence-electron chi connectivity index (χ3n) is 2.72. The van der Waals surface area contributed by atoms with Crippen molar-refractivity contribution in [3.05, 3.63) is 35.6 Å². The summed E-state index contributed by atoms with van der Waals surface area (Å²) in [5.41, 5.74) is 0.632. The second kappa shape index (κ2) is 6.61. The molecule has 2 nitrogen and oxygen atoms in total. The van der Waals surface area contributed by atoms with E-state index in [-0.39, 0.29) is 24.4 Å². The van der Waals surface area contributed by atoms with Crippen molar-refractivity contribution in [3.63, 3.8) is 0 Å². The van der Waals surface area contributed by atoms with Crippen LogP contribution in [0.15, 0.2) is 24.3 Å². The van der Waals surface area contributed by atoms with E-state index in [1.165, 1.54) is 6.07 Å². The number of aliphatic hydroxyl groups is 2. The average molecular weight is 226 g/mol. The Bertz CT molecular complexity index is 313. The van der Waals surface area contributed by atoms with E-state index in [0.29, 0.717) is 24.8 Å². The predicted octanol–water partition coefficient (Wildman–Crippen LogP) is 2.14. The van der Waals surface area contributed by atoms with Gasteiger partial charge in [0.05, 0.1) is 6.10 Å². The van der Waals surface area contributed by atoms with Crippen LogP contribution in [0.3, 0.4) is 0 Å². The highest BCUT2D eigenvalue weighted by molar-refractivity contribution is 5.17. The maximum absolute atomic E-state index is 13.4. The zero-order valence-electron chi connectivity index (χ0n) is 9.56. The molecule has 2 N–H and O–H groups in total. The van der Waals surface area contributed by atoms with Gasteiger partial charge in [-0.3, -0.25) is 0 Å². The Kier molecular flexibility index (Phi) is 5.43. The Morgan fingerprint density at radius 1 is 1.25 bits per heavy atom. The molecule has 1 aromatic carbocycles. The number of halogens is 1. The van der Waals surface area contributed by atoms with Crippen LogP contribution in [0.2, 0.25) is 0 Å². The van der Waals surface area contributed by atoms with Crippen molar-refractivity contribution in [2.24, 2.45) is 5.92 Å². The van der Waals surface area contributed by atoms with Gasteiger partial charge in [-0.2, -0.15) is 0 Å². The average Bonchev–Trinajstić information content (AvgIpc) is 2.26. The number of hydrogen-bond donors (Lipinski definition) is 2. The number of rotatable bonds is 6. The maximum Gasteiger partial charge on any atom is 0.126 e. The van der Waals surface area contributed by atoms with Crippen LogP contribution in [-0.2, 0) is 6.42 Å². The lowest BCUT2D eigenvalue weighted by atomic mass is 9.94. The van der Waals surface area contributed by atoms with Crippen LogP contribution < -0.4 is 0 Å². The van der Waals surface area contributed by atoms with Gasteiger partial charge in [-0.25, -0.2) is 4.39 Å². The maximum atomic E-state index is 13.4. The Morgan fingerprint density at radius 3 is 2.50 bits per heavy atom. The second-order valence-corrected chi connectivity index (χ2v) is 4.27. The van der Waals surface area contributed by atoms with Gasteiger partial charge >= 0.3 is 0 Å². The summed E-state index contributed by atoms with van der Waals surface area (Å²) in [6.45, 7) is 1.75. The first-order chi connectivity index (χ1) is 7.63. The van der Waals surface area contributed by atoms with Gasteiger partial charge in [0.15, 0.2) is 0 Å². The van der Waals surface area contributed by atoms with Gasteiger partial charge in [0, 0.05) is 6.61 Å². The van der Waals surface area contributed by atoms with E-state index in [4.69, 9.17) is 5.11 Å². The van der Waals surface area contributed by atoms with Gasteiger partial charge < -0.3 is 10.2 Å². The summed E-state index contributed by atoms with van der Waals surface area (Å²) >= 11 is 0. The molecular weight excluding hydrogens is 207 g/mol. The van der Waals surface area contributed by atoms with Gasteiger partial charge in [0.25, 0.3) is 0 Å². The van der Waals surface area contributed by atoms with Crippen LogP contribution in [-0.4, -0.2) is 22.9 Å². The third kappa shape index (κ3) is 4.29. The molecule has 0 aliphatic carbocycles. The lowest BCUT2D eigenvalue weighted by Crippen LogP contribution is -2.13. The Morgan fingerprint density at radius 2 is 1.94 bits per heavy atom. The molecule has 0 radical (unpaired) electrons. The lowest BCUT2D eigenvalue weighted by molar-refractivity contribution is 0.155. The predicted molar refractivity (Wildman–Crippen MR) is 61.6 cm³/mol. The SMILES string of the molecule is CC(O)CCC(CO)Cc1ccccc1F. The molecule has 1 rings (SSSR count). The molecule has 0 spiro atoms. The van der Waals surface area contributed by atoms with Crippen LogP contribution in [0.4, 0.5) is 4.39 Å². The Hall–Kier alpha value is -0.930. The highest BCUT2D eigenvalue weighted by Gasteiger charge is 2.12. The summed E-state index contributed by atoms with van der Waals surface area (Å²) in [6, 6.07) is 6.61. The van der Waals surface area contributed by atoms with Crippen LogP contribution in [0.5, 0.6) is 0 Å². The summed E-state index contributed by atoms with van der Waals surface area (Å²) in [5, 5.41) is 18.3. The molecular formula is C13H19FO2. The molecule has 0 aliphatic heterocycles. The molecule has 0 aliphatic rings. The molecule has 0 amide bonds. The van der Waals surface area contributed by atoms with Gasteiger partial charge in [-0.05, 0) is 43.7 Å². The summed E-state index contributed by atoms with van der Waals surface area (Å²) < 4.78 is 13.4. The van der Waals surface area contributed by atoms with Crippen molar-refractivity contribution < 1.29 is 14.6 Å². The van der Waals surface area contributed by atoms with E-state index < -0.39 is 0 Å². The monoisotopic (exact) mass is 226 g/mol. The van der Waals surface area contributed by atoms with Crippen LogP contribution in [0, 0.1) is 11.7 Å². The van der Waals surface area contributed by atoms with Gasteiger partial charge in [0.2, 0.25) is 0 Å². The molecule has 0 heterocycles. The summed E-state index contributed by atoms with van der Waals surface area (Å²) in [5.74, 6) is -0.204. The summed E-state index contributed by atoms with van der Waals surface area (Å²) in [7, 11) is 0. The zero-order valence-corrected chi connectivity index (χ0v) is 9.56. The molecule has 2 atom stereocenters. The van der Waals surface area contributed by atoms with E-state index in [1.54, 1.807) is 25.1 Å². The minimum absolute atomic E-state index is 0.0199. The van der Waals surface area contributed by atoms with Crippen LogP contribution in [0.25, 0.3) is 0 Å². The number of aliphatic hydroxyl groups excluding tert-OH is 2.